The van der Waals surface area contributed by atoms with E-state index in [0.29, 0.717) is 26.2 Å². The van der Waals surface area contributed by atoms with Gasteiger partial charge < -0.3 is 14.8 Å². The van der Waals surface area contributed by atoms with Crippen molar-refractivity contribution in [3.63, 3.8) is 0 Å². The van der Waals surface area contributed by atoms with Gasteiger partial charge in [0.2, 0.25) is 0 Å². The maximum absolute atomic E-state index is 12.4. The van der Waals surface area contributed by atoms with E-state index in [1.165, 1.54) is 4.90 Å². The molecule has 2 rings (SSSR count). The summed E-state index contributed by atoms with van der Waals surface area (Å²) < 4.78 is 39.2. The summed E-state index contributed by atoms with van der Waals surface area (Å²) in [6.45, 7) is 2.82. The van der Waals surface area contributed by atoms with E-state index in [4.69, 9.17) is 0 Å². The molecule has 0 bridgehead atoms. The Bertz CT molecular complexity index is 475. The van der Waals surface area contributed by atoms with E-state index >= 15 is 0 Å². The van der Waals surface area contributed by atoms with Crippen molar-refractivity contribution in [1.29, 1.82) is 0 Å². The predicted molar refractivity (Wildman–Crippen MR) is 76.5 cm³/mol. The van der Waals surface area contributed by atoms with E-state index in [2.05, 4.69) is 5.32 Å². The molecule has 0 saturated carbocycles. The van der Waals surface area contributed by atoms with E-state index in [9.17, 15) is 18.0 Å². The second-order valence-corrected chi connectivity index (χ2v) is 5.53. The first-order valence-electron chi connectivity index (χ1n) is 7.29. The molecule has 1 atom stereocenters. The standard InChI is InChI=1S/C14H21F3N4O/c1-12-10-20(8-9-21(12)11-14(15,16)17)13(22)18-4-7-19-5-2-3-6-19/h2-3,5-6,12H,4,7-11H2,1H3,(H,18,22)/t12-/m1/s1. The van der Waals surface area contributed by atoms with Crippen molar-refractivity contribution in [2.45, 2.75) is 25.7 Å². The van der Waals surface area contributed by atoms with E-state index in [1.807, 2.05) is 29.1 Å². The summed E-state index contributed by atoms with van der Waals surface area (Å²) in [4.78, 5) is 15.0. The summed E-state index contributed by atoms with van der Waals surface area (Å²) >= 11 is 0. The van der Waals surface area contributed by atoms with Gasteiger partial charge in [0.05, 0.1) is 6.54 Å². The number of nitrogens with zero attached hydrogens (tertiary/aromatic N) is 3. The fourth-order valence-corrected chi connectivity index (χ4v) is 2.57. The monoisotopic (exact) mass is 318 g/mol. The van der Waals surface area contributed by atoms with Crippen LogP contribution in [0.15, 0.2) is 24.5 Å². The Morgan fingerprint density at radius 3 is 2.55 bits per heavy atom. The Hall–Kier alpha value is -1.70. The van der Waals surface area contributed by atoms with Crippen molar-refractivity contribution in [3.05, 3.63) is 24.5 Å². The number of halogens is 3. The number of carbonyl (C=O) groups excluding carboxylic acids is 1. The summed E-state index contributed by atoms with van der Waals surface area (Å²) in [5.41, 5.74) is 0. The van der Waals surface area contributed by atoms with Crippen LogP contribution >= 0.6 is 0 Å². The van der Waals surface area contributed by atoms with E-state index in [0.717, 1.165) is 0 Å². The van der Waals surface area contributed by atoms with Gasteiger partial charge >= 0.3 is 12.2 Å². The molecule has 1 fully saturated rings. The second kappa shape index (κ2) is 7.04. The molecule has 0 unspecified atom stereocenters. The zero-order chi connectivity index (χ0) is 16.2. The average Bonchev–Trinajstić information content (AvgIpc) is 2.92. The first kappa shape index (κ1) is 16.7. The van der Waals surface area contributed by atoms with E-state index in [-0.39, 0.29) is 18.6 Å². The van der Waals surface area contributed by atoms with Gasteiger partial charge in [0.1, 0.15) is 0 Å². The van der Waals surface area contributed by atoms with Crippen LogP contribution in [0.3, 0.4) is 0 Å². The SMILES string of the molecule is C[C@@H]1CN(C(=O)NCCn2cccc2)CCN1CC(F)(F)F. The van der Waals surface area contributed by atoms with Gasteiger partial charge in [0, 0.05) is 51.2 Å². The topological polar surface area (TPSA) is 40.5 Å². The minimum atomic E-state index is -4.20. The third kappa shape index (κ3) is 4.94. The highest BCUT2D eigenvalue weighted by molar-refractivity contribution is 5.74. The smallest absolute Gasteiger partial charge is 0.353 e. The molecule has 5 nitrogen and oxygen atoms in total. The molecule has 0 spiro atoms. The summed E-state index contributed by atoms with van der Waals surface area (Å²) in [5.74, 6) is 0. The number of hydrogen-bond acceptors (Lipinski definition) is 2. The molecule has 22 heavy (non-hydrogen) atoms. The Morgan fingerprint density at radius 1 is 1.27 bits per heavy atom. The third-order valence-electron chi connectivity index (χ3n) is 3.75. The van der Waals surface area contributed by atoms with Crippen molar-refractivity contribution < 1.29 is 18.0 Å². The number of nitrogens with one attached hydrogen (secondary N) is 1. The van der Waals surface area contributed by atoms with Crippen LogP contribution < -0.4 is 5.32 Å². The number of hydrogen-bond donors (Lipinski definition) is 1. The average molecular weight is 318 g/mol. The van der Waals surface area contributed by atoms with Crippen LogP contribution in [0.5, 0.6) is 0 Å². The summed E-state index contributed by atoms with van der Waals surface area (Å²) in [6.07, 6.45) is -0.385. The molecule has 2 heterocycles. The molecule has 1 saturated heterocycles. The normalized spacial score (nSPS) is 20.2. The van der Waals surface area contributed by atoms with E-state index in [1.54, 1.807) is 11.8 Å². The predicted octanol–water partition coefficient (Wildman–Crippen LogP) is 1.77. The fourth-order valence-electron chi connectivity index (χ4n) is 2.57. The third-order valence-corrected chi connectivity index (χ3v) is 3.75. The van der Waals surface area contributed by atoms with Crippen molar-refractivity contribution in [2.24, 2.45) is 0 Å². The number of carbonyl (C=O) groups is 1. The molecule has 124 valence electrons. The van der Waals surface area contributed by atoms with Crippen molar-refractivity contribution >= 4 is 6.03 Å². The molecule has 1 aliphatic heterocycles. The van der Waals surface area contributed by atoms with Gasteiger partial charge in [0.15, 0.2) is 0 Å². The number of piperazine rings is 1. The fraction of sp³-hybridized carbons (Fsp3) is 0.643. The maximum atomic E-state index is 12.4. The lowest BCUT2D eigenvalue weighted by Gasteiger charge is -2.39. The van der Waals surface area contributed by atoms with Crippen LogP contribution in [-0.2, 0) is 6.54 Å². The van der Waals surface area contributed by atoms with Gasteiger partial charge in [-0.25, -0.2) is 4.79 Å². The van der Waals surface area contributed by atoms with Gasteiger partial charge in [-0.05, 0) is 19.1 Å². The summed E-state index contributed by atoms with van der Waals surface area (Å²) in [5, 5.41) is 2.80. The Balaban J connectivity index is 1.73. The number of aromatic nitrogens is 1. The zero-order valence-electron chi connectivity index (χ0n) is 12.5. The molecular weight excluding hydrogens is 297 g/mol. The first-order valence-corrected chi connectivity index (χ1v) is 7.29. The summed E-state index contributed by atoms with van der Waals surface area (Å²) in [7, 11) is 0. The highest BCUT2D eigenvalue weighted by Crippen LogP contribution is 2.20. The molecular formula is C14H21F3N4O. The lowest BCUT2D eigenvalue weighted by Crippen LogP contribution is -2.57. The van der Waals surface area contributed by atoms with Crippen molar-refractivity contribution in [3.8, 4) is 0 Å². The second-order valence-electron chi connectivity index (χ2n) is 5.53. The molecule has 1 N–H and O–H groups in total. The Kier molecular flexibility index (Phi) is 5.33. The van der Waals surface area contributed by atoms with Gasteiger partial charge in [-0.1, -0.05) is 0 Å². The number of alkyl halides is 3. The van der Waals surface area contributed by atoms with Crippen LogP contribution in [0.1, 0.15) is 6.92 Å². The molecule has 0 radical (unpaired) electrons. The largest absolute Gasteiger partial charge is 0.401 e. The highest BCUT2D eigenvalue weighted by Gasteiger charge is 2.35. The van der Waals surface area contributed by atoms with Crippen molar-refractivity contribution in [1.82, 2.24) is 19.7 Å². The van der Waals surface area contributed by atoms with Crippen LogP contribution in [-0.4, -0.2) is 65.3 Å². The number of urea groups is 1. The van der Waals surface area contributed by atoms with Crippen LogP contribution in [0.2, 0.25) is 0 Å². The van der Waals surface area contributed by atoms with Gasteiger partial charge in [-0.2, -0.15) is 13.2 Å². The lowest BCUT2D eigenvalue weighted by molar-refractivity contribution is -0.153. The highest BCUT2D eigenvalue weighted by atomic mass is 19.4. The van der Waals surface area contributed by atoms with Crippen molar-refractivity contribution in [2.75, 3.05) is 32.7 Å². The number of amides is 2. The maximum Gasteiger partial charge on any atom is 0.401 e. The van der Waals surface area contributed by atoms with Crippen LogP contribution in [0.4, 0.5) is 18.0 Å². The van der Waals surface area contributed by atoms with Gasteiger partial charge in [-0.15, -0.1) is 0 Å². The summed E-state index contributed by atoms with van der Waals surface area (Å²) in [6, 6.07) is 3.29. The van der Waals surface area contributed by atoms with E-state index < -0.39 is 12.7 Å². The molecule has 1 aromatic rings. The van der Waals surface area contributed by atoms with Crippen LogP contribution in [0.25, 0.3) is 0 Å². The van der Waals surface area contributed by atoms with Gasteiger partial charge in [-0.3, -0.25) is 4.90 Å². The zero-order valence-corrected chi connectivity index (χ0v) is 12.5. The minimum absolute atomic E-state index is 0.217. The Morgan fingerprint density at radius 2 is 1.95 bits per heavy atom. The lowest BCUT2D eigenvalue weighted by atomic mass is 10.2. The Labute approximate surface area is 127 Å². The molecule has 0 aromatic carbocycles. The molecule has 0 aliphatic carbocycles. The quantitative estimate of drug-likeness (QED) is 0.919. The molecule has 8 heteroatoms. The minimum Gasteiger partial charge on any atom is -0.353 e. The molecule has 2 amide bonds. The van der Waals surface area contributed by atoms with Crippen LogP contribution in [0, 0.1) is 0 Å². The molecule has 1 aliphatic rings. The first-order chi connectivity index (χ1) is 10.3. The molecule has 1 aromatic heterocycles. The number of rotatable bonds is 4. The van der Waals surface area contributed by atoms with Gasteiger partial charge in [0.25, 0.3) is 0 Å².